The van der Waals surface area contributed by atoms with Crippen LogP contribution in [-0.2, 0) is 7.05 Å². The van der Waals surface area contributed by atoms with Gasteiger partial charge in [0.15, 0.2) is 0 Å². The molecule has 2 rings (SSSR count). The molecule has 1 aliphatic rings. The van der Waals surface area contributed by atoms with Crippen molar-refractivity contribution < 1.29 is 0 Å². The SMILES string of the molecule is Cc1c(C(C)C)c(C2CC2)nn1C. The predicted molar refractivity (Wildman–Crippen MR) is 54.0 cm³/mol. The maximum atomic E-state index is 4.61. The van der Waals surface area contributed by atoms with Gasteiger partial charge in [0.25, 0.3) is 0 Å². The molecule has 0 aromatic carbocycles. The first-order valence-corrected chi connectivity index (χ1v) is 5.14. The second kappa shape index (κ2) is 2.86. The Bertz CT molecular complexity index is 319. The van der Waals surface area contributed by atoms with E-state index in [4.69, 9.17) is 0 Å². The van der Waals surface area contributed by atoms with Crippen molar-refractivity contribution in [1.29, 1.82) is 0 Å². The van der Waals surface area contributed by atoms with Crippen molar-refractivity contribution in [3.8, 4) is 0 Å². The molecule has 0 N–H and O–H groups in total. The molecule has 0 aliphatic heterocycles. The van der Waals surface area contributed by atoms with Gasteiger partial charge in [0.2, 0.25) is 0 Å². The number of aryl methyl sites for hydroxylation is 1. The number of hydrogen-bond donors (Lipinski definition) is 0. The largest absolute Gasteiger partial charge is 0.272 e. The Balaban J connectivity index is 2.47. The number of aromatic nitrogens is 2. The molecule has 0 radical (unpaired) electrons. The maximum Gasteiger partial charge on any atom is 0.0692 e. The van der Waals surface area contributed by atoms with Gasteiger partial charge < -0.3 is 0 Å². The summed E-state index contributed by atoms with van der Waals surface area (Å²) in [5.41, 5.74) is 4.21. The van der Waals surface area contributed by atoms with Crippen LogP contribution in [0.2, 0.25) is 0 Å². The van der Waals surface area contributed by atoms with Gasteiger partial charge >= 0.3 is 0 Å². The third kappa shape index (κ3) is 1.38. The molecule has 0 bridgehead atoms. The summed E-state index contributed by atoms with van der Waals surface area (Å²) < 4.78 is 2.03. The lowest BCUT2D eigenvalue weighted by atomic mass is 9.99. The summed E-state index contributed by atoms with van der Waals surface area (Å²) in [5, 5.41) is 4.61. The Labute approximate surface area is 80.0 Å². The highest BCUT2D eigenvalue weighted by Crippen LogP contribution is 2.43. The van der Waals surface area contributed by atoms with E-state index in [-0.39, 0.29) is 0 Å². The molecule has 0 atom stereocenters. The minimum absolute atomic E-state index is 0.615. The normalized spacial score (nSPS) is 17.0. The van der Waals surface area contributed by atoms with Crippen LogP contribution in [0.25, 0.3) is 0 Å². The van der Waals surface area contributed by atoms with Crippen molar-refractivity contribution in [2.24, 2.45) is 7.05 Å². The Hall–Kier alpha value is -0.790. The summed E-state index contributed by atoms with van der Waals surface area (Å²) in [4.78, 5) is 0. The molecule has 1 aromatic rings. The van der Waals surface area contributed by atoms with E-state index in [0.717, 1.165) is 5.92 Å². The van der Waals surface area contributed by atoms with E-state index in [1.54, 1.807) is 0 Å². The van der Waals surface area contributed by atoms with Crippen LogP contribution in [0, 0.1) is 6.92 Å². The highest BCUT2D eigenvalue weighted by Gasteiger charge is 2.30. The summed E-state index contributed by atoms with van der Waals surface area (Å²) >= 11 is 0. The highest BCUT2D eigenvalue weighted by atomic mass is 15.3. The number of nitrogens with zero attached hydrogens (tertiary/aromatic N) is 2. The van der Waals surface area contributed by atoms with Crippen molar-refractivity contribution in [3.05, 3.63) is 17.0 Å². The summed E-state index contributed by atoms with van der Waals surface area (Å²) in [6.07, 6.45) is 2.69. The molecule has 1 heterocycles. The van der Waals surface area contributed by atoms with Gasteiger partial charge in [0.1, 0.15) is 0 Å². The monoisotopic (exact) mass is 178 g/mol. The van der Waals surface area contributed by atoms with Crippen LogP contribution in [0.1, 0.15) is 55.5 Å². The zero-order valence-electron chi connectivity index (χ0n) is 8.96. The van der Waals surface area contributed by atoms with Gasteiger partial charge in [-0.25, -0.2) is 0 Å². The molecule has 1 aromatic heterocycles. The molecule has 72 valence electrons. The molecule has 0 spiro atoms. The topological polar surface area (TPSA) is 17.8 Å². The lowest BCUT2D eigenvalue weighted by Gasteiger charge is -2.06. The van der Waals surface area contributed by atoms with Gasteiger partial charge in [-0.3, -0.25) is 4.68 Å². The predicted octanol–water partition coefficient (Wildman–Crippen LogP) is 2.73. The Morgan fingerprint density at radius 2 is 2.00 bits per heavy atom. The van der Waals surface area contributed by atoms with Crippen LogP contribution >= 0.6 is 0 Å². The van der Waals surface area contributed by atoms with Crippen molar-refractivity contribution in [2.75, 3.05) is 0 Å². The van der Waals surface area contributed by atoms with Gasteiger partial charge in [-0.2, -0.15) is 5.10 Å². The Kier molecular flexibility index (Phi) is 1.94. The number of hydrogen-bond acceptors (Lipinski definition) is 1. The second-order valence-corrected chi connectivity index (χ2v) is 4.44. The average Bonchev–Trinajstić information content (AvgIpc) is 2.80. The summed E-state index contributed by atoms with van der Waals surface area (Å²) in [6.45, 7) is 6.69. The fraction of sp³-hybridized carbons (Fsp3) is 0.727. The van der Waals surface area contributed by atoms with E-state index in [1.807, 2.05) is 11.7 Å². The molecule has 1 saturated carbocycles. The van der Waals surface area contributed by atoms with Crippen molar-refractivity contribution in [1.82, 2.24) is 9.78 Å². The van der Waals surface area contributed by atoms with Crippen LogP contribution in [0.15, 0.2) is 0 Å². The fourth-order valence-corrected chi connectivity index (χ4v) is 2.02. The van der Waals surface area contributed by atoms with Gasteiger partial charge in [0.05, 0.1) is 5.69 Å². The minimum atomic E-state index is 0.615. The third-order valence-electron chi connectivity index (χ3n) is 2.95. The van der Waals surface area contributed by atoms with Crippen molar-refractivity contribution >= 4 is 0 Å². The fourth-order valence-electron chi connectivity index (χ4n) is 2.02. The third-order valence-corrected chi connectivity index (χ3v) is 2.95. The molecular formula is C11H18N2. The van der Waals surface area contributed by atoms with Crippen molar-refractivity contribution in [3.63, 3.8) is 0 Å². The first-order valence-electron chi connectivity index (χ1n) is 5.14. The van der Waals surface area contributed by atoms with Crippen LogP contribution in [0.5, 0.6) is 0 Å². The van der Waals surface area contributed by atoms with Gasteiger partial charge in [0, 0.05) is 18.7 Å². The molecule has 1 fully saturated rings. The van der Waals surface area contributed by atoms with E-state index >= 15 is 0 Å². The lowest BCUT2D eigenvalue weighted by Crippen LogP contribution is -1.95. The summed E-state index contributed by atoms with van der Waals surface area (Å²) in [7, 11) is 2.05. The standard InChI is InChI=1S/C11H18N2/c1-7(2)10-8(3)13(4)12-11(10)9-5-6-9/h7,9H,5-6H2,1-4H3. The molecule has 0 unspecified atom stereocenters. The second-order valence-electron chi connectivity index (χ2n) is 4.44. The molecule has 0 amide bonds. The average molecular weight is 178 g/mol. The lowest BCUT2D eigenvalue weighted by molar-refractivity contribution is 0.720. The molecule has 13 heavy (non-hydrogen) atoms. The molecule has 2 heteroatoms. The van der Waals surface area contributed by atoms with E-state index in [2.05, 4.69) is 25.9 Å². The quantitative estimate of drug-likeness (QED) is 0.681. The maximum absolute atomic E-state index is 4.61. The van der Waals surface area contributed by atoms with E-state index < -0.39 is 0 Å². The molecule has 2 nitrogen and oxygen atoms in total. The van der Waals surface area contributed by atoms with Crippen molar-refractivity contribution in [2.45, 2.75) is 45.4 Å². The molecule has 1 aliphatic carbocycles. The van der Waals surface area contributed by atoms with E-state index in [9.17, 15) is 0 Å². The molecular weight excluding hydrogens is 160 g/mol. The van der Waals surface area contributed by atoms with Crippen LogP contribution in [0.3, 0.4) is 0 Å². The highest BCUT2D eigenvalue weighted by molar-refractivity contribution is 5.33. The minimum Gasteiger partial charge on any atom is -0.272 e. The summed E-state index contributed by atoms with van der Waals surface area (Å²) in [5.74, 6) is 1.39. The van der Waals surface area contributed by atoms with E-state index in [0.29, 0.717) is 5.92 Å². The Morgan fingerprint density at radius 1 is 1.38 bits per heavy atom. The van der Waals surface area contributed by atoms with Crippen LogP contribution in [-0.4, -0.2) is 9.78 Å². The molecule has 0 saturated heterocycles. The van der Waals surface area contributed by atoms with Gasteiger partial charge in [-0.05, 0) is 31.2 Å². The summed E-state index contributed by atoms with van der Waals surface area (Å²) in [6, 6.07) is 0. The van der Waals surface area contributed by atoms with Crippen LogP contribution < -0.4 is 0 Å². The van der Waals surface area contributed by atoms with Gasteiger partial charge in [-0.1, -0.05) is 13.8 Å². The Morgan fingerprint density at radius 3 is 2.46 bits per heavy atom. The number of rotatable bonds is 2. The van der Waals surface area contributed by atoms with Gasteiger partial charge in [-0.15, -0.1) is 0 Å². The first kappa shape index (κ1) is 8.79. The zero-order valence-corrected chi connectivity index (χ0v) is 8.96. The first-order chi connectivity index (χ1) is 6.11. The van der Waals surface area contributed by atoms with E-state index in [1.165, 1.54) is 29.8 Å². The smallest absolute Gasteiger partial charge is 0.0692 e. The van der Waals surface area contributed by atoms with Crippen LogP contribution in [0.4, 0.5) is 0 Å². The zero-order chi connectivity index (χ0) is 9.59.